The fraction of sp³-hybridized carbons (Fsp3) is 0.167. The van der Waals surface area contributed by atoms with Gasteiger partial charge in [-0.25, -0.2) is 0 Å². The molecule has 0 saturated heterocycles. The summed E-state index contributed by atoms with van der Waals surface area (Å²) >= 11 is 0. The molecule has 2 aromatic carbocycles. The van der Waals surface area contributed by atoms with Crippen LogP contribution in [0.15, 0.2) is 48.2 Å². The number of aryl methyl sites for hydroxylation is 1. The zero-order chi connectivity index (χ0) is 14.8. The molecule has 0 fully saturated rings. The average molecular weight is 280 g/mol. The Morgan fingerprint density at radius 1 is 1.19 bits per heavy atom. The molecule has 3 rings (SSSR count). The number of hydrogen-bond donors (Lipinski definition) is 0. The molecule has 0 saturated carbocycles. The Hall–Kier alpha value is -2.55. The minimum Gasteiger partial charge on any atom is -0.493 e. The van der Waals surface area contributed by atoms with Gasteiger partial charge in [0.25, 0.3) is 0 Å². The number of hydrogen-bond acceptors (Lipinski definition) is 3. The molecule has 0 amide bonds. The molecule has 0 radical (unpaired) electrons. The highest BCUT2D eigenvalue weighted by molar-refractivity contribution is 6.14. The molecule has 1 aliphatic heterocycles. The van der Waals surface area contributed by atoms with Gasteiger partial charge in [-0.05, 0) is 38.1 Å². The van der Waals surface area contributed by atoms with Crippen LogP contribution >= 0.6 is 0 Å². The first kappa shape index (κ1) is 13.4. The van der Waals surface area contributed by atoms with Crippen molar-refractivity contribution >= 4 is 11.9 Å². The highest BCUT2D eigenvalue weighted by Crippen LogP contribution is 2.33. The summed E-state index contributed by atoms with van der Waals surface area (Å²) < 4.78 is 11.2. The van der Waals surface area contributed by atoms with Crippen molar-refractivity contribution in [3.05, 3.63) is 64.9 Å². The molecule has 106 valence electrons. The number of carbonyl (C=O) groups excluding carboxylic acids is 1. The number of fused-ring (bicyclic) bond motifs is 1. The van der Waals surface area contributed by atoms with Crippen molar-refractivity contribution in [1.29, 1.82) is 0 Å². The minimum absolute atomic E-state index is 0.0833. The molecule has 3 heteroatoms. The Morgan fingerprint density at radius 2 is 2.00 bits per heavy atom. The van der Waals surface area contributed by atoms with Gasteiger partial charge in [0.05, 0.1) is 12.2 Å². The Bertz CT molecular complexity index is 729. The van der Waals surface area contributed by atoms with Gasteiger partial charge in [0, 0.05) is 5.56 Å². The monoisotopic (exact) mass is 280 g/mol. The molecular weight excluding hydrogens is 264 g/mol. The van der Waals surface area contributed by atoms with E-state index in [0.29, 0.717) is 23.7 Å². The molecule has 0 bridgehead atoms. The lowest BCUT2D eigenvalue weighted by Crippen LogP contribution is -1.99. The largest absolute Gasteiger partial charge is 0.493 e. The smallest absolute Gasteiger partial charge is 0.231 e. The number of allylic oxidation sites excluding steroid dienone is 1. The Balaban J connectivity index is 1.98. The first-order valence-electron chi connectivity index (χ1n) is 6.96. The third-order valence-electron chi connectivity index (χ3n) is 3.33. The highest BCUT2D eigenvalue weighted by Gasteiger charge is 2.27. The number of rotatable bonds is 3. The Labute approximate surface area is 123 Å². The lowest BCUT2D eigenvalue weighted by molar-refractivity contribution is 0.101. The summed E-state index contributed by atoms with van der Waals surface area (Å²) in [4.78, 5) is 12.4. The molecule has 0 spiro atoms. The van der Waals surface area contributed by atoms with Crippen molar-refractivity contribution in [3.8, 4) is 11.5 Å². The van der Waals surface area contributed by atoms with E-state index in [0.717, 1.165) is 16.9 Å². The van der Waals surface area contributed by atoms with Gasteiger partial charge in [-0.2, -0.15) is 0 Å². The van der Waals surface area contributed by atoms with Crippen LogP contribution in [-0.4, -0.2) is 12.4 Å². The van der Waals surface area contributed by atoms with Crippen LogP contribution in [0.2, 0.25) is 0 Å². The van der Waals surface area contributed by atoms with E-state index in [2.05, 4.69) is 0 Å². The number of ether oxygens (including phenoxy) is 2. The fourth-order valence-corrected chi connectivity index (χ4v) is 2.33. The van der Waals surface area contributed by atoms with Gasteiger partial charge in [-0.15, -0.1) is 0 Å². The molecule has 0 aliphatic carbocycles. The fourth-order valence-electron chi connectivity index (χ4n) is 2.33. The van der Waals surface area contributed by atoms with Crippen LogP contribution in [0, 0.1) is 6.92 Å². The standard InChI is InChI=1S/C18H16O3/c1-3-20-15-7-5-4-6-13(15)11-17-18(19)14-10-12(2)8-9-16(14)21-17/h4-11H,3H2,1-2H3/b17-11-. The first-order chi connectivity index (χ1) is 10.2. The van der Waals surface area contributed by atoms with E-state index in [1.165, 1.54) is 0 Å². The summed E-state index contributed by atoms with van der Waals surface area (Å²) in [5.41, 5.74) is 2.50. The average Bonchev–Trinajstić information content (AvgIpc) is 2.78. The summed E-state index contributed by atoms with van der Waals surface area (Å²) in [7, 11) is 0. The van der Waals surface area contributed by atoms with Crippen molar-refractivity contribution in [1.82, 2.24) is 0 Å². The molecule has 1 aliphatic rings. The van der Waals surface area contributed by atoms with Crippen molar-refractivity contribution in [2.24, 2.45) is 0 Å². The second-order valence-corrected chi connectivity index (χ2v) is 4.91. The topological polar surface area (TPSA) is 35.5 Å². The van der Waals surface area contributed by atoms with Crippen LogP contribution in [-0.2, 0) is 0 Å². The summed E-state index contributed by atoms with van der Waals surface area (Å²) in [5, 5.41) is 0. The zero-order valence-electron chi connectivity index (χ0n) is 12.1. The summed E-state index contributed by atoms with van der Waals surface area (Å²) in [6.07, 6.45) is 1.74. The van der Waals surface area contributed by atoms with E-state index in [1.54, 1.807) is 6.08 Å². The third-order valence-corrected chi connectivity index (χ3v) is 3.33. The van der Waals surface area contributed by atoms with E-state index in [-0.39, 0.29) is 5.78 Å². The normalized spacial score (nSPS) is 15.0. The molecule has 21 heavy (non-hydrogen) atoms. The predicted molar refractivity (Wildman–Crippen MR) is 81.7 cm³/mol. The molecule has 0 aromatic heterocycles. The van der Waals surface area contributed by atoms with Gasteiger partial charge in [-0.3, -0.25) is 4.79 Å². The summed E-state index contributed by atoms with van der Waals surface area (Å²) in [6.45, 7) is 4.47. The number of ketones is 1. The minimum atomic E-state index is -0.0833. The van der Waals surface area contributed by atoms with Crippen LogP contribution < -0.4 is 9.47 Å². The third kappa shape index (κ3) is 2.55. The Kier molecular flexibility index (Phi) is 3.48. The van der Waals surface area contributed by atoms with Gasteiger partial charge in [-0.1, -0.05) is 29.8 Å². The maximum atomic E-state index is 12.4. The molecule has 0 N–H and O–H groups in total. The van der Waals surface area contributed by atoms with Crippen molar-refractivity contribution in [3.63, 3.8) is 0 Å². The van der Waals surface area contributed by atoms with E-state index in [1.807, 2.05) is 56.3 Å². The molecule has 1 heterocycles. The van der Waals surface area contributed by atoms with Gasteiger partial charge >= 0.3 is 0 Å². The van der Waals surface area contributed by atoms with Gasteiger partial charge in [0.15, 0.2) is 5.76 Å². The van der Waals surface area contributed by atoms with E-state index < -0.39 is 0 Å². The lowest BCUT2D eigenvalue weighted by Gasteiger charge is -2.07. The van der Waals surface area contributed by atoms with E-state index >= 15 is 0 Å². The second-order valence-electron chi connectivity index (χ2n) is 4.91. The zero-order valence-corrected chi connectivity index (χ0v) is 12.1. The van der Waals surface area contributed by atoms with Crippen molar-refractivity contribution in [2.75, 3.05) is 6.61 Å². The number of Topliss-reactive ketones (excluding diaryl/α,β-unsaturated/α-hetero) is 1. The van der Waals surface area contributed by atoms with E-state index in [4.69, 9.17) is 9.47 Å². The molecule has 2 aromatic rings. The highest BCUT2D eigenvalue weighted by atomic mass is 16.5. The van der Waals surface area contributed by atoms with E-state index in [9.17, 15) is 4.79 Å². The van der Waals surface area contributed by atoms with Crippen molar-refractivity contribution in [2.45, 2.75) is 13.8 Å². The van der Waals surface area contributed by atoms with Crippen LogP contribution in [0.1, 0.15) is 28.4 Å². The lowest BCUT2D eigenvalue weighted by atomic mass is 10.1. The maximum Gasteiger partial charge on any atom is 0.231 e. The maximum absolute atomic E-state index is 12.4. The van der Waals surface area contributed by atoms with Gasteiger partial charge < -0.3 is 9.47 Å². The summed E-state index contributed by atoms with van der Waals surface area (Å²) in [5.74, 6) is 1.62. The van der Waals surface area contributed by atoms with Gasteiger partial charge in [0.2, 0.25) is 5.78 Å². The second kappa shape index (κ2) is 5.44. The van der Waals surface area contributed by atoms with Crippen LogP contribution in [0.25, 0.3) is 6.08 Å². The number of benzene rings is 2. The van der Waals surface area contributed by atoms with Crippen molar-refractivity contribution < 1.29 is 14.3 Å². The summed E-state index contributed by atoms with van der Waals surface area (Å²) in [6, 6.07) is 13.2. The SMILES string of the molecule is CCOc1ccccc1/C=C1\Oc2ccc(C)cc2C1=O. The van der Waals surface area contributed by atoms with Gasteiger partial charge in [0.1, 0.15) is 11.5 Å². The van der Waals surface area contributed by atoms with Crippen LogP contribution in [0.5, 0.6) is 11.5 Å². The quantitative estimate of drug-likeness (QED) is 0.797. The first-order valence-corrected chi connectivity index (χ1v) is 6.96. The molecule has 0 atom stereocenters. The number of para-hydroxylation sites is 1. The molecular formula is C18H16O3. The molecule has 3 nitrogen and oxygen atoms in total. The van der Waals surface area contributed by atoms with Crippen LogP contribution in [0.3, 0.4) is 0 Å². The Morgan fingerprint density at radius 3 is 2.81 bits per heavy atom. The van der Waals surface area contributed by atoms with Crippen LogP contribution in [0.4, 0.5) is 0 Å². The number of carbonyl (C=O) groups is 1. The predicted octanol–water partition coefficient (Wildman–Crippen LogP) is 4.01. The molecule has 0 unspecified atom stereocenters.